The van der Waals surface area contributed by atoms with Gasteiger partial charge in [0.25, 0.3) is 11.6 Å². The fourth-order valence-corrected chi connectivity index (χ4v) is 3.34. The van der Waals surface area contributed by atoms with Gasteiger partial charge in [0.05, 0.1) is 10.6 Å². The molecule has 1 N–H and O–H groups in total. The first-order valence-electron chi connectivity index (χ1n) is 8.72. The Bertz CT molecular complexity index is 1230. The number of rotatable bonds is 7. The Balaban J connectivity index is 1.54. The van der Waals surface area contributed by atoms with Gasteiger partial charge in [-0.3, -0.25) is 20.2 Å². The number of halogens is 3. The van der Waals surface area contributed by atoms with Crippen LogP contribution in [0.1, 0.15) is 5.56 Å². The highest BCUT2D eigenvalue weighted by atomic mass is 35.5. The Hall–Kier alpha value is -3.70. The number of aromatic nitrogens is 1. The number of nitro groups is 1. The molecule has 12 heteroatoms. The number of nitrogens with one attached hydrogen (secondary N) is 1. The summed E-state index contributed by atoms with van der Waals surface area (Å²) in [6.07, 6.45) is 2.26. The topological polar surface area (TPSA) is 111 Å². The van der Waals surface area contributed by atoms with Crippen molar-refractivity contribution in [3.05, 3.63) is 80.2 Å². The predicted octanol–water partition coefficient (Wildman–Crippen LogP) is 4.85. The molecule has 8 nitrogen and oxygen atoms in total. The first-order chi connectivity index (χ1) is 15.2. The van der Waals surface area contributed by atoms with Crippen LogP contribution in [0.5, 0.6) is 0 Å². The summed E-state index contributed by atoms with van der Waals surface area (Å²) in [6, 6.07) is 6.89. The van der Waals surface area contributed by atoms with Crippen LogP contribution in [-0.4, -0.2) is 28.4 Å². The van der Waals surface area contributed by atoms with Gasteiger partial charge >= 0.3 is 5.97 Å². The van der Waals surface area contributed by atoms with E-state index in [4.69, 9.17) is 16.3 Å². The SMILES string of the molecule is O=C(COC(=O)/C=C/c1ccc(Cl)c([N+](=O)[O-])c1)Nc1nc(-c2cc(F)ccc2F)cs1. The Labute approximate surface area is 188 Å². The number of nitrogens with zero attached hydrogens (tertiary/aromatic N) is 2. The lowest BCUT2D eigenvalue weighted by Gasteiger charge is -2.03. The highest BCUT2D eigenvalue weighted by Crippen LogP contribution is 2.28. The number of thiazole rings is 1. The summed E-state index contributed by atoms with van der Waals surface area (Å²) < 4.78 is 31.9. The van der Waals surface area contributed by atoms with Gasteiger partial charge in [0.1, 0.15) is 16.7 Å². The molecule has 1 amide bonds. The molecule has 0 unspecified atom stereocenters. The summed E-state index contributed by atoms with van der Waals surface area (Å²) in [7, 11) is 0. The van der Waals surface area contributed by atoms with Gasteiger partial charge in [0.2, 0.25) is 0 Å². The van der Waals surface area contributed by atoms with Crippen molar-refractivity contribution in [1.82, 2.24) is 4.98 Å². The lowest BCUT2D eigenvalue weighted by molar-refractivity contribution is -0.384. The summed E-state index contributed by atoms with van der Waals surface area (Å²) in [6.45, 7) is -0.632. The minimum absolute atomic E-state index is 0.0446. The molecule has 0 bridgehead atoms. The standard InChI is InChI=1S/C20H12ClF2N3O5S/c21-14-4-1-11(7-17(14)26(29)30)2-6-19(28)31-9-18(27)25-20-24-16(10-32-20)13-8-12(22)3-5-15(13)23/h1-8,10H,9H2,(H,24,25,27)/b6-2+. The molecule has 164 valence electrons. The number of hydrogen-bond acceptors (Lipinski definition) is 7. The van der Waals surface area contributed by atoms with Crippen LogP contribution in [0.4, 0.5) is 19.6 Å². The first kappa shape index (κ1) is 23.0. The van der Waals surface area contributed by atoms with Crippen LogP contribution in [0.15, 0.2) is 47.9 Å². The molecule has 0 radical (unpaired) electrons. The van der Waals surface area contributed by atoms with Crippen molar-refractivity contribution in [3.63, 3.8) is 0 Å². The Morgan fingerprint density at radius 3 is 2.78 bits per heavy atom. The molecule has 32 heavy (non-hydrogen) atoms. The van der Waals surface area contributed by atoms with E-state index in [0.717, 1.165) is 35.6 Å². The van der Waals surface area contributed by atoms with Gasteiger partial charge in [0, 0.05) is 23.1 Å². The lowest BCUT2D eigenvalue weighted by Crippen LogP contribution is -2.20. The van der Waals surface area contributed by atoms with E-state index in [-0.39, 0.29) is 27.1 Å². The molecular weight excluding hydrogens is 468 g/mol. The van der Waals surface area contributed by atoms with Gasteiger partial charge in [0.15, 0.2) is 11.7 Å². The van der Waals surface area contributed by atoms with Crippen molar-refractivity contribution in [3.8, 4) is 11.3 Å². The zero-order chi connectivity index (χ0) is 23.3. The zero-order valence-electron chi connectivity index (χ0n) is 15.9. The molecule has 3 aromatic rings. The molecule has 2 aromatic carbocycles. The van der Waals surface area contributed by atoms with Crippen molar-refractivity contribution in [2.24, 2.45) is 0 Å². The zero-order valence-corrected chi connectivity index (χ0v) is 17.5. The van der Waals surface area contributed by atoms with E-state index in [0.29, 0.717) is 5.56 Å². The average Bonchev–Trinajstić information content (AvgIpc) is 3.21. The average molecular weight is 480 g/mol. The second-order valence-electron chi connectivity index (χ2n) is 6.12. The lowest BCUT2D eigenvalue weighted by atomic mass is 10.1. The molecule has 3 rings (SSSR count). The summed E-state index contributed by atoms with van der Waals surface area (Å²) in [4.78, 5) is 38.0. The van der Waals surface area contributed by atoms with E-state index < -0.39 is 35.0 Å². The fourth-order valence-electron chi connectivity index (χ4n) is 2.43. The minimum Gasteiger partial charge on any atom is -0.452 e. The summed E-state index contributed by atoms with van der Waals surface area (Å²) in [5, 5.41) is 14.8. The van der Waals surface area contributed by atoms with Crippen LogP contribution in [0, 0.1) is 21.7 Å². The minimum atomic E-state index is -0.862. The van der Waals surface area contributed by atoms with E-state index in [1.165, 1.54) is 29.7 Å². The number of hydrogen-bond donors (Lipinski definition) is 1. The van der Waals surface area contributed by atoms with Crippen molar-refractivity contribution >= 4 is 51.7 Å². The van der Waals surface area contributed by atoms with Gasteiger partial charge in [-0.05, 0) is 35.9 Å². The smallest absolute Gasteiger partial charge is 0.331 e. The number of esters is 1. The number of benzene rings is 2. The quantitative estimate of drug-likeness (QED) is 0.224. The van der Waals surface area contributed by atoms with Crippen LogP contribution in [0.3, 0.4) is 0 Å². The molecule has 0 aliphatic carbocycles. The maximum atomic E-state index is 13.8. The van der Waals surface area contributed by atoms with E-state index in [1.54, 1.807) is 0 Å². The van der Waals surface area contributed by atoms with Gasteiger partial charge < -0.3 is 4.74 Å². The molecule has 0 aliphatic heterocycles. The first-order valence-corrected chi connectivity index (χ1v) is 9.98. The monoisotopic (exact) mass is 479 g/mol. The van der Waals surface area contributed by atoms with Gasteiger partial charge in [-0.1, -0.05) is 17.7 Å². The number of ether oxygens (including phenoxy) is 1. The Kier molecular flexibility index (Phi) is 7.23. The van der Waals surface area contributed by atoms with E-state index in [9.17, 15) is 28.5 Å². The molecule has 1 heterocycles. The number of nitro benzene ring substituents is 1. The van der Waals surface area contributed by atoms with Gasteiger partial charge in [-0.25, -0.2) is 18.6 Å². The van der Waals surface area contributed by atoms with E-state index in [2.05, 4.69) is 10.3 Å². The van der Waals surface area contributed by atoms with Crippen molar-refractivity contribution in [2.45, 2.75) is 0 Å². The number of carbonyl (C=O) groups excluding carboxylic acids is 2. The number of carbonyl (C=O) groups is 2. The van der Waals surface area contributed by atoms with Crippen LogP contribution in [-0.2, 0) is 14.3 Å². The molecule has 0 fully saturated rings. The maximum absolute atomic E-state index is 13.8. The molecule has 0 aliphatic rings. The molecule has 0 saturated heterocycles. The van der Waals surface area contributed by atoms with Crippen LogP contribution in [0.2, 0.25) is 5.02 Å². The van der Waals surface area contributed by atoms with Gasteiger partial charge in [-0.2, -0.15) is 0 Å². The van der Waals surface area contributed by atoms with Crippen molar-refractivity contribution in [1.29, 1.82) is 0 Å². The maximum Gasteiger partial charge on any atom is 0.331 e. The third-order valence-corrected chi connectivity index (χ3v) is 4.96. The predicted molar refractivity (Wildman–Crippen MR) is 114 cm³/mol. The molecule has 0 spiro atoms. The Morgan fingerprint density at radius 2 is 2.03 bits per heavy atom. The summed E-state index contributed by atoms with van der Waals surface area (Å²) >= 11 is 6.70. The van der Waals surface area contributed by atoms with Gasteiger partial charge in [-0.15, -0.1) is 11.3 Å². The third kappa shape index (κ3) is 5.93. The molecule has 0 atom stereocenters. The normalized spacial score (nSPS) is 10.8. The highest BCUT2D eigenvalue weighted by molar-refractivity contribution is 7.14. The summed E-state index contributed by atoms with van der Waals surface area (Å²) in [5.41, 5.74) is 0.102. The second-order valence-corrected chi connectivity index (χ2v) is 7.38. The fraction of sp³-hybridized carbons (Fsp3) is 0.0500. The van der Waals surface area contributed by atoms with Crippen LogP contribution in [0.25, 0.3) is 17.3 Å². The van der Waals surface area contributed by atoms with Crippen molar-refractivity contribution in [2.75, 3.05) is 11.9 Å². The molecule has 0 saturated carbocycles. The van der Waals surface area contributed by atoms with Crippen molar-refractivity contribution < 1.29 is 28.0 Å². The molecular formula is C20H12ClF2N3O5S. The largest absolute Gasteiger partial charge is 0.452 e. The number of amides is 1. The second kappa shape index (κ2) is 10.1. The number of anilines is 1. The summed E-state index contributed by atoms with van der Waals surface area (Å²) in [5.74, 6) is -2.86. The van der Waals surface area contributed by atoms with Crippen LogP contribution >= 0.6 is 22.9 Å². The Morgan fingerprint density at radius 1 is 1.25 bits per heavy atom. The molecule has 1 aromatic heterocycles. The van der Waals surface area contributed by atoms with Crippen LogP contribution < -0.4 is 5.32 Å². The highest BCUT2D eigenvalue weighted by Gasteiger charge is 2.14. The van der Waals surface area contributed by atoms with E-state index >= 15 is 0 Å². The van der Waals surface area contributed by atoms with E-state index in [1.807, 2.05) is 0 Å². The third-order valence-electron chi connectivity index (χ3n) is 3.88.